The van der Waals surface area contributed by atoms with Gasteiger partial charge in [-0.05, 0) is 19.1 Å². The molecule has 0 spiro atoms. The van der Waals surface area contributed by atoms with Gasteiger partial charge in [-0.15, -0.1) is 0 Å². The molecule has 0 atom stereocenters. The van der Waals surface area contributed by atoms with Gasteiger partial charge >= 0.3 is 0 Å². The fourth-order valence-corrected chi connectivity index (χ4v) is 2.83. The Kier molecular flexibility index (Phi) is 5.12. The highest BCUT2D eigenvalue weighted by Crippen LogP contribution is 2.28. The molecule has 1 aliphatic heterocycles. The van der Waals surface area contributed by atoms with Crippen molar-refractivity contribution >= 4 is 5.69 Å². The predicted octanol–water partition coefficient (Wildman–Crippen LogP) is 2.35. The molecule has 0 saturated carbocycles. The zero-order chi connectivity index (χ0) is 16.1. The Bertz CT molecular complexity index is 621. The summed E-state index contributed by atoms with van der Waals surface area (Å²) in [7, 11) is 0. The number of rotatable bonds is 6. The first kappa shape index (κ1) is 15.8. The number of benzene rings is 1. The first-order chi connectivity index (χ1) is 11.3. The van der Waals surface area contributed by atoms with Crippen LogP contribution >= 0.6 is 0 Å². The van der Waals surface area contributed by atoms with Crippen LogP contribution in [0.2, 0.25) is 0 Å². The first-order valence-corrected chi connectivity index (χ1v) is 8.30. The molecule has 0 radical (unpaired) electrons. The molecule has 1 aliphatic rings. The number of para-hydroxylation sites is 2. The standard InChI is InChI=1S/C17H24N4O2/c1-3-16-18-17(23-19-16)13-20-9-11-21(12-10-20)14-7-5-6-8-15(14)22-4-2/h5-8H,3-4,9-13H2,1-2H3. The Morgan fingerprint density at radius 3 is 2.61 bits per heavy atom. The Balaban J connectivity index is 1.58. The van der Waals surface area contributed by atoms with Gasteiger partial charge in [-0.25, -0.2) is 0 Å². The van der Waals surface area contributed by atoms with Gasteiger partial charge in [0.05, 0.1) is 18.8 Å². The molecular weight excluding hydrogens is 292 g/mol. The van der Waals surface area contributed by atoms with Crippen molar-refractivity contribution in [2.45, 2.75) is 26.8 Å². The van der Waals surface area contributed by atoms with E-state index in [1.54, 1.807) is 0 Å². The molecule has 1 saturated heterocycles. The molecule has 0 aliphatic carbocycles. The van der Waals surface area contributed by atoms with Crippen LogP contribution in [0.1, 0.15) is 25.6 Å². The lowest BCUT2D eigenvalue weighted by Gasteiger charge is -2.36. The highest BCUT2D eigenvalue weighted by Gasteiger charge is 2.21. The van der Waals surface area contributed by atoms with E-state index in [2.05, 4.69) is 32.1 Å². The number of ether oxygens (including phenoxy) is 1. The van der Waals surface area contributed by atoms with E-state index in [0.717, 1.165) is 50.7 Å². The van der Waals surface area contributed by atoms with Crippen LogP contribution in [0, 0.1) is 0 Å². The van der Waals surface area contributed by atoms with Gasteiger partial charge in [0.25, 0.3) is 0 Å². The Labute approximate surface area is 137 Å². The topological polar surface area (TPSA) is 54.6 Å². The van der Waals surface area contributed by atoms with Crippen LogP contribution in [-0.4, -0.2) is 47.8 Å². The molecule has 0 unspecified atom stereocenters. The second kappa shape index (κ2) is 7.46. The quantitative estimate of drug-likeness (QED) is 0.815. The van der Waals surface area contributed by atoms with Gasteiger partial charge in [-0.3, -0.25) is 4.90 Å². The minimum Gasteiger partial charge on any atom is -0.492 e. The molecule has 124 valence electrons. The maximum Gasteiger partial charge on any atom is 0.240 e. The Morgan fingerprint density at radius 1 is 1.13 bits per heavy atom. The number of aryl methyl sites for hydroxylation is 1. The van der Waals surface area contributed by atoms with Crippen LogP contribution in [0.5, 0.6) is 5.75 Å². The normalized spacial score (nSPS) is 15.8. The number of anilines is 1. The van der Waals surface area contributed by atoms with Crippen molar-refractivity contribution in [3.63, 3.8) is 0 Å². The summed E-state index contributed by atoms with van der Waals surface area (Å²) in [6.45, 7) is 9.36. The summed E-state index contributed by atoms with van der Waals surface area (Å²) in [5.74, 6) is 2.46. The van der Waals surface area contributed by atoms with E-state index >= 15 is 0 Å². The van der Waals surface area contributed by atoms with Gasteiger partial charge in [-0.2, -0.15) is 4.98 Å². The predicted molar refractivity (Wildman–Crippen MR) is 88.8 cm³/mol. The molecule has 0 amide bonds. The number of hydrogen-bond acceptors (Lipinski definition) is 6. The summed E-state index contributed by atoms with van der Waals surface area (Å²) in [4.78, 5) is 9.12. The number of aromatic nitrogens is 2. The van der Waals surface area contributed by atoms with E-state index in [9.17, 15) is 0 Å². The lowest BCUT2D eigenvalue weighted by Crippen LogP contribution is -2.46. The highest BCUT2D eigenvalue weighted by molar-refractivity contribution is 5.58. The summed E-state index contributed by atoms with van der Waals surface area (Å²) in [5.41, 5.74) is 1.18. The van der Waals surface area contributed by atoms with E-state index in [-0.39, 0.29) is 0 Å². The summed E-state index contributed by atoms with van der Waals surface area (Å²) < 4.78 is 11.0. The third-order valence-corrected chi connectivity index (χ3v) is 4.06. The smallest absolute Gasteiger partial charge is 0.240 e. The van der Waals surface area contributed by atoms with Crippen LogP contribution in [0.4, 0.5) is 5.69 Å². The Hall–Kier alpha value is -2.08. The average Bonchev–Trinajstić information content (AvgIpc) is 3.04. The molecule has 1 aromatic carbocycles. The molecule has 6 heteroatoms. The SMILES string of the molecule is CCOc1ccccc1N1CCN(Cc2nc(CC)no2)CC1. The molecular formula is C17H24N4O2. The molecule has 1 aromatic heterocycles. The van der Waals surface area contributed by atoms with Crippen LogP contribution in [0.15, 0.2) is 28.8 Å². The minimum absolute atomic E-state index is 0.688. The molecule has 3 rings (SSSR count). The zero-order valence-electron chi connectivity index (χ0n) is 13.9. The largest absolute Gasteiger partial charge is 0.492 e. The molecule has 23 heavy (non-hydrogen) atoms. The van der Waals surface area contributed by atoms with Gasteiger partial charge in [0.2, 0.25) is 5.89 Å². The van der Waals surface area contributed by atoms with Crippen molar-refractivity contribution in [1.29, 1.82) is 0 Å². The van der Waals surface area contributed by atoms with E-state index in [0.29, 0.717) is 12.5 Å². The van der Waals surface area contributed by atoms with E-state index in [4.69, 9.17) is 9.26 Å². The van der Waals surface area contributed by atoms with Crippen molar-refractivity contribution in [3.8, 4) is 5.75 Å². The van der Waals surface area contributed by atoms with Gasteiger partial charge in [-0.1, -0.05) is 24.2 Å². The van der Waals surface area contributed by atoms with Gasteiger partial charge < -0.3 is 14.2 Å². The molecule has 2 heterocycles. The lowest BCUT2D eigenvalue weighted by molar-refractivity contribution is 0.214. The zero-order valence-corrected chi connectivity index (χ0v) is 13.9. The summed E-state index contributed by atoms with van der Waals surface area (Å²) in [5, 5.41) is 3.96. The molecule has 6 nitrogen and oxygen atoms in total. The monoisotopic (exact) mass is 316 g/mol. The van der Waals surface area contributed by atoms with E-state index < -0.39 is 0 Å². The first-order valence-electron chi connectivity index (χ1n) is 8.30. The number of nitrogens with zero attached hydrogens (tertiary/aromatic N) is 4. The second-order valence-electron chi connectivity index (χ2n) is 5.62. The van der Waals surface area contributed by atoms with Crippen molar-refractivity contribution in [2.75, 3.05) is 37.7 Å². The summed E-state index contributed by atoms with van der Waals surface area (Å²) >= 11 is 0. The molecule has 0 bridgehead atoms. The van der Waals surface area contributed by atoms with E-state index in [1.165, 1.54) is 5.69 Å². The summed E-state index contributed by atoms with van der Waals surface area (Å²) in [6, 6.07) is 8.25. The average molecular weight is 316 g/mol. The number of piperazine rings is 1. The van der Waals surface area contributed by atoms with Crippen LogP contribution in [0.25, 0.3) is 0 Å². The maximum atomic E-state index is 5.74. The summed E-state index contributed by atoms with van der Waals surface area (Å²) in [6.07, 6.45) is 0.811. The van der Waals surface area contributed by atoms with Gasteiger partial charge in [0.15, 0.2) is 5.82 Å². The van der Waals surface area contributed by atoms with Crippen LogP contribution < -0.4 is 9.64 Å². The van der Waals surface area contributed by atoms with Crippen molar-refractivity contribution in [2.24, 2.45) is 0 Å². The lowest BCUT2D eigenvalue weighted by atomic mass is 10.2. The maximum absolute atomic E-state index is 5.74. The van der Waals surface area contributed by atoms with Crippen LogP contribution in [-0.2, 0) is 13.0 Å². The van der Waals surface area contributed by atoms with Crippen molar-refractivity contribution in [1.82, 2.24) is 15.0 Å². The third kappa shape index (κ3) is 3.82. The van der Waals surface area contributed by atoms with Gasteiger partial charge in [0.1, 0.15) is 5.75 Å². The molecule has 1 fully saturated rings. The fourth-order valence-electron chi connectivity index (χ4n) is 2.83. The third-order valence-electron chi connectivity index (χ3n) is 4.06. The molecule has 2 aromatic rings. The number of hydrogen-bond donors (Lipinski definition) is 0. The molecule has 0 N–H and O–H groups in total. The fraction of sp³-hybridized carbons (Fsp3) is 0.529. The van der Waals surface area contributed by atoms with Crippen molar-refractivity contribution in [3.05, 3.63) is 36.0 Å². The van der Waals surface area contributed by atoms with Crippen molar-refractivity contribution < 1.29 is 9.26 Å². The van der Waals surface area contributed by atoms with Gasteiger partial charge in [0, 0.05) is 32.6 Å². The highest BCUT2D eigenvalue weighted by atomic mass is 16.5. The minimum atomic E-state index is 0.688. The van der Waals surface area contributed by atoms with E-state index in [1.807, 2.05) is 26.0 Å². The second-order valence-corrected chi connectivity index (χ2v) is 5.62. The Morgan fingerprint density at radius 2 is 1.91 bits per heavy atom. The van der Waals surface area contributed by atoms with Crippen LogP contribution in [0.3, 0.4) is 0 Å².